The molecule has 1 aliphatic heterocycles. The summed E-state index contributed by atoms with van der Waals surface area (Å²) < 4.78 is 11.0. The van der Waals surface area contributed by atoms with Gasteiger partial charge in [-0.3, -0.25) is 0 Å². The van der Waals surface area contributed by atoms with Gasteiger partial charge in [0.15, 0.2) is 11.5 Å². The van der Waals surface area contributed by atoms with Gasteiger partial charge in [0.2, 0.25) is 0 Å². The molecule has 4 nitrogen and oxygen atoms in total. The number of rotatable bonds is 2. The fourth-order valence-corrected chi connectivity index (χ4v) is 2.16. The SMILES string of the molecule is N#Cc1ccc(C(O)c2ccc3c(c2)OCCO3)cc1. The van der Waals surface area contributed by atoms with E-state index in [1.54, 1.807) is 36.4 Å². The lowest BCUT2D eigenvalue weighted by Crippen LogP contribution is -2.15. The molecular formula is C16H13NO3. The van der Waals surface area contributed by atoms with E-state index < -0.39 is 6.10 Å². The molecule has 0 spiro atoms. The van der Waals surface area contributed by atoms with Crippen LogP contribution in [-0.4, -0.2) is 18.3 Å². The van der Waals surface area contributed by atoms with Gasteiger partial charge in [0.1, 0.15) is 19.3 Å². The fourth-order valence-electron chi connectivity index (χ4n) is 2.16. The van der Waals surface area contributed by atoms with E-state index in [1.165, 1.54) is 0 Å². The molecule has 1 atom stereocenters. The molecule has 0 fully saturated rings. The summed E-state index contributed by atoms with van der Waals surface area (Å²) in [6.07, 6.45) is -0.751. The fraction of sp³-hybridized carbons (Fsp3) is 0.188. The monoisotopic (exact) mass is 267 g/mol. The Labute approximate surface area is 116 Å². The van der Waals surface area contributed by atoms with E-state index in [4.69, 9.17) is 14.7 Å². The van der Waals surface area contributed by atoms with Gasteiger partial charge < -0.3 is 14.6 Å². The van der Waals surface area contributed by atoms with E-state index in [-0.39, 0.29) is 0 Å². The maximum atomic E-state index is 10.4. The summed E-state index contributed by atoms with van der Waals surface area (Å²) >= 11 is 0. The highest BCUT2D eigenvalue weighted by atomic mass is 16.6. The van der Waals surface area contributed by atoms with Crippen LogP contribution >= 0.6 is 0 Å². The van der Waals surface area contributed by atoms with Crippen molar-refractivity contribution in [3.05, 3.63) is 59.2 Å². The van der Waals surface area contributed by atoms with Gasteiger partial charge in [-0.1, -0.05) is 18.2 Å². The number of nitriles is 1. The minimum absolute atomic E-state index is 0.517. The predicted molar refractivity (Wildman–Crippen MR) is 72.7 cm³/mol. The molecule has 100 valence electrons. The first-order valence-electron chi connectivity index (χ1n) is 6.35. The lowest BCUT2D eigenvalue weighted by atomic mass is 10.00. The minimum atomic E-state index is -0.751. The molecular weight excluding hydrogens is 254 g/mol. The van der Waals surface area contributed by atoms with Crippen LogP contribution in [-0.2, 0) is 0 Å². The van der Waals surface area contributed by atoms with Crippen LogP contribution in [0, 0.1) is 11.3 Å². The summed E-state index contributed by atoms with van der Waals surface area (Å²) in [6, 6.07) is 14.3. The average Bonchev–Trinajstić information content (AvgIpc) is 2.54. The second kappa shape index (κ2) is 5.24. The van der Waals surface area contributed by atoms with Crippen molar-refractivity contribution < 1.29 is 14.6 Å². The van der Waals surface area contributed by atoms with Crippen LogP contribution in [0.5, 0.6) is 11.5 Å². The summed E-state index contributed by atoms with van der Waals surface area (Å²) in [5, 5.41) is 19.2. The molecule has 2 aromatic carbocycles. The van der Waals surface area contributed by atoms with E-state index in [1.807, 2.05) is 6.07 Å². The van der Waals surface area contributed by atoms with Crippen LogP contribution in [0.1, 0.15) is 22.8 Å². The first-order valence-corrected chi connectivity index (χ1v) is 6.35. The molecule has 0 saturated carbocycles. The number of aliphatic hydroxyl groups excluding tert-OH is 1. The highest BCUT2D eigenvalue weighted by Gasteiger charge is 2.16. The first kappa shape index (κ1) is 12.5. The largest absolute Gasteiger partial charge is 0.486 e. The van der Waals surface area contributed by atoms with E-state index in [0.717, 1.165) is 11.1 Å². The van der Waals surface area contributed by atoms with Gasteiger partial charge in [-0.05, 0) is 35.4 Å². The Morgan fingerprint density at radius 3 is 2.30 bits per heavy atom. The Morgan fingerprint density at radius 2 is 1.60 bits per heavy atom. The Kier molecular flexibility index (Phi) is 3.28. The highest BCUT2D eigenvalue weighted by Crippen LogP contribution is 2.34. The summed E-state index contributed by atoms with van der Waals surface area (Å²) in [4.78, 5) is 0. The van der Waals surface area contributed by atoms with E-state index in [2.05, 4.69) is 6.07 Å². The average molecular weight is 267 g/mol. The van der Waals surface area contributed by atoms with Crippen LogP contribution in [0.2, 0.25) is 0 Å². The number of ether oxygens (including phenoxy) is 2. The van der Waals surface area contributed by atoms with Crippen molar-refractivity contribution in [2.75, 3.05) is 13.2 Å². The van der Waals surface area contributed by atoms with E-state index in [0.29, 0.717) is 30.3 Å². The number of fused-ring (bicyclic) bond motifs is 1. The van der Waals surface area contributed by atoms with Crippen molar-refractivity contribution in [1.29, 1.82) is 5.26 Å². The smallest absolute Gasteiger partial charge is 0.161 e. The van der Waals surface area contributed by atoms with Gasteiger partial charge >= 0.3 is 0 Å². The topological polar surface area (TPSA) is 62.5 Å². The van der Waals surface area contributed by atoms with Crippen molar-refractivity contribution in [3.63, 3.8) is 0 Å². The Morgan fingerprint density at radius 1 is 0.950 bits per heavy atom. The summed E-state index contributed by atoms with van der Waals surface area (Å²) in [5.74, 6) is 1.36. The Bertz CT molecular complexity index is 658. The molecule has 0 saturated heterocycles. The van der Waals surface area contributed by atoms with Crippen LogP contribution in [0.4, 0.5) is 0 Å². The number of hydrogen-bond donors (Lipinski definition) is 1. The molecule has 2 aromatic rings. The van der Waals surface area contributed by atoms with Crippen molar-refractivity contribution in [2.24, 2.45) is 0 Å². The number of nitrogens with zero attached hydrogens (tertiary/aromatic N) is 1. The molecule has 1 unspecified atom stereocenters. The second-order valence-electron chi connectivity index (χ2n) is 4.54. The molecule has 0 aliphatic carbocycles. The highest BCUT2D eigenvalue weighted by molar-refractivity contribution is 5.46. The molecule has 1 aliphatic rings. The molecule has 0 aromatic heterocycles. The van der Waals surface area contributed by atoms with Crippen LogP contribution < -0.4 is 9.47 Å². The molecule has 4 heteroatoms. The van der Waals surface area contributed by atoms with Crippen LogP contribution in [0.15, 0.2) is 42.5 Å². The summed E-state index contributed by atoms with van der Waals surface area (Å²) in [6.45, 7) is 1.06. The van der Waals surface area contributed by atoms with Crippen molar-refractivity contribution in [1.82, 2.24) is 0 Å². The molecule has 0 radical (unpaired) electrons. The Balaban J connectivity index is 1.89. The van der Waals surface area contributed by atoms with Crippen molar-refractivity contribution in [3.8, 4) is 17.6 Å². The van der Waals surface area contributed by atoms with Gasteiger partial charge in [0.05, 0.1) is 11.6 Å². The van der Waals surface area contributed by atoms with Crippen molar-refractivity contribution in [2.45, 2.75) is 6.10 Å². The van der Waals surface area contributed by atoms with Gasteiger partial charge in [-0.15, -0.1) is 0 Å². The normalized spacial score (nSPS) is 14.4. The molecule has 0 amide bonds. The second-order valence-corrected chi connectivity index (χ2v) is 4.54. The Hall–Kier alpha value is -2.51. The van der Waals surface area contributed by atoms with Gasteiger partial charge in [0, 0.05) is 0 Å². The molecule has 0 bridgehead atoms. The van der Waals surface area contributed by atoms with Gasteiger partial charge in [-0.25, -0.2) is 0 Å². The lowest BCUT2D eigenvalue weighted by molar-refractivity contribution is 0.169. The molecule has 1 heterocycles. The zero-order valence-electron chi connectivity index (χ0n) is 10.7. The predicted octanol–water partition coefficient (Wildman–Crippen LogP) is 2.41. The molecule has 3 rings (SSSR count). The quantitative estimate of drug-likeness (QED) is 0.907. The molecule has 1 N–H and O–H groups in total. The van der Waals surface area contributed by atoms with E-state index in [9.17, 15) is 5.11 Å². The number of benzene rings is 2. The number of aliphatic hydroxyl groups is 1. The minimum Gasteiger partial charge on any atom is -0.486 e. The van der Waals surface area contributed by atoms with Gasteiger partial charge in [0.25, 0.3) is 0 Å². The lowest BCUT2D eigenvalue weighted by Gasteiger charge is -2.20. The van der Waals surface area contributed by atoms with Crippen LogP contribution in [0.25, 0.3) is 0 Å². The molecule has 20 heavy (non-hydrogen) atoms. The maximum absolute atomic E-state index is 10.4. The summed E-state index contributed by atoms with van der Waals surface area (Å²) in [7, 11) is 0. The van der Waals surface area contributed by atoms with Gasteiger partial charge in [-0.2, -0.15) is 5.26 Å². The third-order valence-corrected chi connectivity index (χ3v) is 3.24. The summed E-state index contributed by atoms with van der Waals surface area (Å²) in [5.41, 5.74) is 2.04. The first-order chi connectivity index (χ1) is 9.78. The third-order valence-electron chi connectivity index (χ3n) is 3.24. The van der Waals surface area contributed by atoms with Crippen molar-refractivity contribution >= 4 is 0 Å². The number of hydrogen-bond acceptors (Lipinski definition) is 4. The van der Waals surface area contributed by atoms with E-state index >= 15 is 0 Å². The standard InChI is InChI=1S/C16H13NO3/c17-10-11-1-3-12(4-2-11)16(18)13-5-6-14-15(9-13)20-8-7-19-14/h1-6,9,16,18H,7-8H2. The zero-order chi connectivity index (χ0) is 13.9. The maximum Gasteiger partial charge on any atom is 0.161 e. The third kappa shape index (κ3) is 2.31. The van der Waals surface area contributed by atoms with Crippen LogP contribution in [0.3, 0.4) is 0 Å². The zero-order valence-corrected chi connectivity index (χ0v) is 10.7.